The number of benzene rings is 1. The van der Waals surface area contributed by atoms with E-state index in [-0.39, 0.29) is 29.7 Å². The minimum Gasteiger partial charge on any atom is -0.392 e. The molecular formula is C17H26N2O3. The van der Waals surface area contributed by atoms with E-state index in [1.165, 1.54) is 0 Å². The van der Waals surface area contributed by atoms with Crippen molar-refractivity contribution in [3.63, 3.8) is 0 Å². The van der Waals surface area contributed by atoms with Gasteiger partial charge in [0.15, 0.2) is 0 Å². The average molecular weight is 306 g/mol. The third kappa shape index (κ3) is 5.85. The average Bonchev–Trinajstić information content (AvgIpc) is 2.36. The molecule has 1 rings (SSSR count). The van der Waals surface area contributed by atoms with E-state index in [4.69, 9.17) is 0 Å². The third-order valence-corrected chi connectivity index (χ3v) is 3.10. The van der Waals surface area contributed by atoms with Crippen molar-refractivity contribution in [3.05, 3.63) is 29.8 Å². The number of para-hydroxylation sites is 1. The first-order valence-electron chi connectivity index (χ1n) is 7.49. The largest absolute Gasteiger partial charge is 0.392 e. The lowest BCUT2D eigenvalue weighted by Crippen LogP contribution is -2.40. The topological polar surface area (TPSA) is 78.4 Å². The summed E-state index contributed by atoms with van der Waals surface area (Å²) < 4.78 is 0. The Hall–Kier alpha value is -1.88. The van der Waals surface area contributed by atoms with Gasteiger partial charge in [-0.1, -0.05) is 26.0 Å². The van der Waals surface area contributed by atoms with Crippen molar-refractivity contribution in [1.29, 1.82) is 0 Å². The van der Waals surface area contributed by atoms with E-state index in [1.54, 1.807) is 24.3 Å². The summed E-state index contributed by atoms with van der Waals surface area (Å²) in [5, 5.41) is 15.3. The molecule has 22 heavy (non-hydrogen) atoms. The molecule has 0 fully saturated rings. The molecule has 5 nitrogen and oxygen atoms in total. The van der Waals surface area contributed by atoms with Gasteiger partial charge in [-0.2, -0.15) is 0 Å². The second kappa shape index (κ2) is 7.40. The number of anilines is 1. The molecule has 0 bridgehead atoms. The zero-order chi connectivity index (χ0) is 16.9. The first-order chi connectivity index (χ1) is 10.1. The Morgan fingerprint density at radius 3 is 2.32 bits per heavy atom. The van der Waals surface area contributed by atoms with Crippen molar-refractivity contribution in [2.75, 3.05) is 5.32 Å². The number of amides is 2. The highest BCUT2D eigenvalue weighted by atomic mass is 16.3. The number of nitrogens with one attached hydrogen (secondary N) is 2. The maximum atomic E-state index is 12.3. The first kappa shape index (κ1) is 18.2. The number of carbonyl (C=O) groups is 2. The van der Waals surface area contributed by atoms with Crippen LogP contribution in [-0.2, 0) is 4.79 Å². The Balaban J connectivity index is 2.84. The number of hydrogen-bond acceptors (Lipinski definition) is 3. The fourth-order valence-corrected chi connectivity index (χ4v) is 1.82. The Labute approximate surface area is 132 Å². The molecule has 1 aromatic carbocycles. The summed E-state index contributed by atoms with van der Waals surface area (Å²) in [7, 11) is 0. The highest BCUT2D eigenvalue weighted by molar-refractivity contribution is 6.04. The summed E-state index contributed by atoms with van der Waals surface area (Å²) in [5.74, 6) is -0.546. The summed E-state index contributed by atoms with van der Waals surface area (Å²) in [5.41, 5.74) is 0.497. The lowest BCUT2D eigenvalue weighted by molar-refractivity contribution is -0.118. The highest BCUT2D eigenvalue weighted by Gasteiger charge is 2.20. The molecule has 3 N–H and O–H groups in total. The first-order valence-corrected chi connectivity index (χ1v) is 7.49. The number of rotatable bonds is 5. The predicted octanol–water partition coefficient (Wildman–Crippen LogP) is 2.56. The Bertz CT molecular complexity index is 533. The molecule has 1 atom stereocenters. The molecule has 1 aromatic rings. The normalized spacial score (nSPS) is 12.9. The predicted molar refractivity (Wildman–Crippen MR) is 87.8 cm³/mol. The molecule has 2 amide bonds. The molecule has 5 heteroatoms. The minimum absolute atomic E-state index is 0.00480. The minimum atomic E-state index is -0.699. The van der Waals surface area contributed by atoms with Gasteiger partial charge in [-0.15, -0.1) is 0 Å². The van der Waals surface area contributed by atoms with Crippen molar-refractivity contribution < 1.29 is 14.7 Å². The van der Waals surface area contributed by atoms with E-state index >= 15 is 0 Å². The SMILES string of the molecule is CC(C)C(O)CC(=O)Nc1ccccc1C(=O)NC(C)(C)C. The van der Waals surface area contributed by atoms with Crippen LogP contribution < -0.4 is 10.6 Å². The Morgan fingerprint density at radius 2 is 1.77 bits per heavy atom. The fraction of sp³-hybridized carbons (Fsp3) is 0.529. The van der Waals surface area contributed by atoms with Gasteiger partial charge >= 0.3 is 0 Å². The monoisotopic (exact) mass is 306 g/mol. The van der Waals surface area contributed by atoms with Gasteiger partial charge in [0.1, 0.15) is 0 Å². The zero-order valence-corrected chi connectivity index (χ0v) is 13.9. The third-order valence-electron chi connectivity index (χ3n) is 3.10. The molecule has 0 spiro atoms. The molecule has 0 heterocycles. The van der Waals surface area contributed by atoms with Crippen LogP contribution in [0.3, 0.4) is 0 Å². The van der Waals surface area contributed by atoms with E-state index in [9.17, 15) is 14.7 Å². The summed E-state index contributed by atoms with van der Waals surface area (Å²) in [6.45, 7) is 9.38. The van der Waals surface area contributed by atoms with Crippen LogP contribution in [-0.4, -0.2) is 28.6 Å². The smallest absolute Gasteiger partial charge is 0.253 e. The molecule has 0 aromatic heterocycles. The van der Waals surface area contributed by atoms with Gasteiger partial charge in [-0.3, -0.25) is 9.59 Å². The zero-order valence-electron chi connectivity index (χ0n) is 13.9. The molecular weight excluding hydrogens is 280 g/mol. The molecule has 0 aliphatic heterocycles. The number of aliphatic hydroxyl groups is 1. The van der Waals surface area contributed by atoms with Crippen LogP contribution in [0, 0.1) is 5.92 Å². The number of aliphatic hydroxyl groups excluding tert-OH is 1. The van der Waals surface area contributed by atoms with Crippen LogP contribution in [0.2, 0.25) is 0 Å². The Morgan fingerprint density at radius 1 is 1.18 bits per heavy atom. The van der Waals surface area contributed by atoms with E-state index in [0.29, 0.717) is 11.3 Å². The summed E-state index contributed by atoms with van der Waals surface area (Å²) >= 11 is 0. The molecule has 0 radical (unpaired) electrons. The molecule has 0 saturated carbocycles. The molecule has 0 saturated heterocycles. The van der Waals surface area contributed by atoms with Crippen LogP contribution >= 0.6 is 0 Å². The van der Waals surface area contributed by atoms with Crippen LogP contribution in [0.15, 0.2) is 24.3 Å². The van der Waals surface area contributed by atoms with Crippen molar-refractivity contribution >= 4 is 17.5 Å². The molecule has 0 aliphatic rings. The van der Waals surface area contributed by atoms with Crippen LogP contribution in [0.1, 0.15) is 51.4 Å². The van der Waals surface area contributed by atoms with Crippen LogP contribution in [0.25, 0.3) is 0 Å². The van der Waals surface area contributed by atoms with Gasteiger partial charge < -0.3 is 15.7 Å². The molecule has 1 unspecified atom stereocenters. The van der Waals surface area contributed by atoms with Crippen molar-refractivity contribution in [1.82, 2.24) is 5.32 Å². The van der Waals surface area contributed by atoms with Crippen LogP contribution in [0.5, 0.6) is 0 Å². The summed E-state index contributed by atoms with van der Waals surface area (Å²) in [6.07, 6.45) is -0.692. The van der Waals surface area contributed by atoms with Gasteiger partial charge in [-0.25, -0.2) is 0 Å². The van der Waals surface area contributed by atoms with Gasteiger partial charge in [0.25, 0.3) is 5.91 Å². The maximum absolute atomic E-state index is 12.3. The number of carbonyl (C=O) groups excluding carboxylic acids is 2. The van der Waals surface area contributed by atoms with Crippen molar-refractivity contribution in [3.8, 4) is 0 Å². The number of hydrogen-bond donors (Lipinski definition) is 3. The lowest BCUT2D eigenvalue weighted by Gasteiger charge is -2.21. The fourth-order valence-electron chi connectivity index (χ4n) is 1.82. The standard InChI is InChI=1S/C17H26N2O3/c1-11(2)14(20)10-15(21)18-13-9-7-6-8-12(13)16(22)19-17(3,4)5/h6-9,11,14,20H,10H2,1-5H3,(H,18,21)(H,19,22). The second-order valence-corrected chi connectivity index (χ2v) is 6.81. The van der Waals surface area contributed by atoms with E-state index in [1.807, 2.05) is 34.6 Å². The Kier molecular flexibility index (Phi) is 6.11. The van der Waals surface area contributed by atoms with E-state index in [2.05, 4.69) is 10.6 Å². The van der Waals surface area contributed by atoms with Gasteiger partial charge in [0.2, 0.25) is 5.91 Å². The maximum Gasteiger partial charge on any atom is 0.253 e. The molecule has 0 aliphatic carbocycles. The van der Waals surface area contributed by atoms with Gasteiger partial charge in [-0.05, 0) is 38.8 Å². The highest BCUT2D eigenvalue weighted by Crippen LogP contribution is 2.17. The van der Waals surface area contributed by atoms with Crippen molar-refractivity contribution in [2.45, 2.75) is 52.7 Å². The summed E-state index contributed by atoms with van der Waals surface area (Å²) in [4.78, 5) is 24.3. The second-order valence-electron chi connectivity index (χ2n) is 6.81. The van der Waals surface area contributed by atoms with Gasteiger partial charge in [0, 0.05) is 5.54 Å². The van der Waals surface area contributed by atoms with E-state index < -0.39 is 6.10 Å². The van der Waals surface area contributed by atoms with E-state index in [0.717, 1.165) is 0 Å². The summed E-state index contributed by atoms with van der Waals surface area (Å²) in [6, 6.07) is 6.84. The van der Waals surface area contributed by atoms with Gasteiger partial charge in [0.05, 0.1) is 23.8 Å². The van der Waals surface area contributed by atoms with Crippen LogP contribution in [0.4, 0.5) is 5.69 Å². The lowest BCUT2D eigenvalue weighted by atomic mass is 10.0. The molecule has 122 valence electrons. The van der Waals surface area contributed by atoms with Crippen molar-refractivity contribution in [2.24, 2.45) is 5.92 Å². The quantitative estimate of drug-likeness (QED) is 0.782.